The zero-order valence-corrected chi connectivity index (χ0v) is 10.4. The molecule has 1 fully saturated rings. The number of nitrogens with two attached hydrogens (primary N) is 1. The topological polar surface area (TPSA) is 29.3 Å². The molecule has 0 aliphatic carbocycles. The van der Waals surface area contributed by atoms with E-state index in [0.29, 0.717) is 12.0 Å². The molecule has 16 heavy (non-hydrogen) atoms. The summed E-state index contributed by atoms with van der Waals surface area (Å²) >= 11 is 0. The quantitative estimate of drug-likeness (QED) is 0.844. The highest BCUT2D eigenvalue weighted by Gasteiger charge is 2.28. The number of rotatable bonds is 3. The van der Waals surface area contributed by atoms with Crippen LogP contribution in [0.25, 0.3) is 0 Å². The first-order valence-electron chi connectivity index (χ1n) is 6.09. The minimum atomic E-state index is 0.497. The molecule has 0 unspecified atom stereocenters. The second-order valence-electron chi connectivity index (χ2n) is 5.65. The second-order valence-corrected chi connectivity index (χ2v) is 5.65. The second kappa shape index (κ2) is 4.56. The summed E-state index contributed by atoms with van der Waals surface area (Å²) in [5.74, 6) is 0. The van der Waals surface area contributed by atoms with Crippen LogP contribution in [0.5, 0.6) is 0 Å². The van der Waals surface area contributed by atoms with Crippen molar-refractivity contribution < 1.29 is 0 Å². The van der Waals surface area contributed by atoms with Gasteiger partial charge in [0.1, 0.15) is 0 Å². The van der Waals surface area contributed by atoms with Gasteiger partial charge in [-0.1, -0.05) is 38.1 Å². The lowest BCUT2D eigenvalue weighted by atomic mass is 9.93. The zero-order chi connectivity index (χ0) is 11.6. The molecule has 1 aromatic rings. The van der Waals surface area contributed by atoms with Crippen molar-refractivity contribution in [2.24, 2.45) is 11.1 Å². The van der Waals surface area contributed by atoms with Gasteiger partial charge in [0.05, 0.1) is 0 Å². The van der Waals surface area contributed by atoms with Crippen molar-refractivity contribution in [3.05, 3.63) is 35.4 Å². The third-order valence-electron chi connectivity index (χ3n) is 3.42. The highest BCUT2D eigenvalue weighted by atomic mass is 15.1. The van der Waals surface area contributed by atoms with Crippen LogP contribution in [0.2, 0.25) is 0 Å². The first-order chi connectivity index (χ1) is 7.59. The Morgan fingerprint density at radius 2 is 1.81 bits per heavy atom. The Morgan fingerprint density at radius 1 is 1.19 bits per heavy atom. The van der Waals surface area contributed by atoms with Gasteiger partial charge in [-0.15, -0.1) is 0 Å². The first kappa shape index (κ1) is 11.6. The van der Waals surface area contributed by atoms with Crippen molar-refractivity contribution in [3.8, 4) is 0 Å². The fourth-order valence-corrected chi connectivity index (χ4v) is 2.40. The van der Waals surface area contributed by atoms with Gasteiger partial charge in [0.2, 0.25) is 0 Å². The largest absolute Gasteiger partial charge is 0.326 e. The minimum Gasteiger partial charge on any atom is -0.326 e. The maximum absolute atomic E-state index is 5.59. The maximum Gasteiger partial charge on any atom is 0.0233 e. The van der Waals surface area contributed by atoms with E-state index in [4.69, 9.17) is 5.73 Å². The normalized spacial score (nSPS) is 20.2. The average molecular weight is 218 g/mol. The monoisotopic (exact) mass is 218 g/mol. The fourth-order valence-electron chi connectivity index (χ4n) is 2.40. The van der Waals surface area contributed by atoms with E-state index in [1.54, 1.807) is 0 Å². The molecule has 0 atom stereocenters. The van der Waals surface area contributed by atoms with E-state index in [1.165, 1.54) is 30.6 Å². The Kier molecular flexibility index (Phi) is 3.31. The number of hydrogen-bond donors (Lipinski definition) is 1. The van der Waals surface area contributed by atoms with E-state index >= 15 is 0 Å². The molecule has 2 rings (SSSR count). The molecule has 1 heterocycles. The third-order valence-corrected chi connectivity index (χ3v) is 3.42. The molecule has 1 aliphatic rings. The number of nitrogens with zero attached hydrogens (tertiary/aromatic N) is 1. The van der Waals surface area contributed by atoms with Gasteiger partial charge in [-0.25, -0.2) is 0 Å². The average Bonchev–Trinajstić information content (AvgIpc) is 2.59. The Hall–Kier alpha value is -0.860. The van der Waals surface area contributed by atoms with Crippen LogP contribution in [0.15, 0.2) is 24.3 Å². The summed E-state index contributed by atoms with van der Waals surface area (Å²) in [6.45, 7) is 8.86. The lowest BCUT2D eigenvalue weighted by molar-refractivity contribution is 0.284. The molecule has 1 aromatic carbocycles. The van der Waals surface area contributed by atoms with Crippen LogP contribution in [0.3, 0.4) is 0 Å². The predicted molar refractivity (Wildman–Crippen MR) is 68.0 cm³/mol. The van der Waals surface area contributed by atoms with Crippen LogP contribution in [0.4, 0.5) is 0 Å². The van der Waals surface area contributed by atoms with E-state index in [1.807, 2.05) is 0 Å². The number of benzene rings is 1. The van der Waals surface area contributed by atoms with Crippen molar-refractivity contribution >= 4 is 0 Å². The molecule has 0 saturated carbocycles. The molecule has 0 spiro atoms. The van der Waals surface area contributed by atoms with Gasteiger partial charge in [0.15, 0.2) is 0 Å². The zero-order valence-electron chi connectivity index (χ0n) is 10.4. The number of likely N-dealkylation sites (tertiary alicyclic amines) is 1. The molecular weight excluding hydrogens is 196 g/mol. The summed E-state index contributed by atoms with van der Waals surface area (Å²) < 4.78 is 0. The minimum absolute atomic E-state index is 0.497. The van der Waals surface area contributed by atoms with Gasteiger partial charge in [-0.2, -0.15) is 0 Å². The lowest BCUT2D eigenvalue weighted by Gasteiger charge is -2.19. The van der Waals surface area contributed by atoms with Gasteiger partial charge in [-0.05, 0) is 29.5 Å². The number of hydrogen-bond acceptors (Lipinski definition) is 2. The highest BCUT2D eigenvalue weighted by molar-refractivity contribution is 5.22. The standard InChI is InChI=1S/C14H22N2/c1-14(2)7-8-16(11-14)10-13-5-3-12(9-15)4-6-13/h3-6H,7-11,15H2,1-2H3. The summed E-state index contributed by atoms with van der Waals surface area (Å²) in [7, 11) is 0. The summed E-state index contributed by atoms with van der Waals surface area (Å²) in [4.78, 5) is 2.54. The molecule has 0 aromatic heterocycles. The summed E-state index contributed by atoms with van der Waals surface area (Å²) in [6.07, 6.45) is 1.31. The molecule has 0 radical (unpaired) electrons. The molecule has 2 nitrogen and oxygen atoms in total. The van der Waals surface area contributed by atoms with Gasteiger partial charge < -0.3 is 5.73 Å². The van der Waals surface area contributed by atoms with Gasteiger partial charge in [0, 0.05) is 19.6 Å². The van der Waals surface area contributed by atoms with E-state index < -0.39 is 0 Å². The predicted octanol–water partition coefficient (Wildman–Crippen LogP) is 2.38. The molecule has 1 saturated heterocycles. The van der Waals surface area contributed by atoms with Crippen molar-refractivity contribution in [1.29, 1.82) is 0 Å². The van der Waals surface area contributed by atoms with E-state index in [0.717, 1.165) is 6.54 Å². The molecular formula is C14H22N2. The van der Waals surface area contributed by atoms with Crippen molar-refractivity contribution in [1.82, 2.24) is 4.90 Å². The van der Waals surface area contributed by atoms with Crippen LogP contribution in [0.1, 0.15) is 31.4 Å². The highest BCUT2D eigenvalue weighted by Crippen LogP contribution is 2.29. The van der Waals surface area contributed by atoms with Crippen molar-refractivity contribution in [3.63, 3.8) is 0 Å². The van der Waals surface area contributed by atoms with Crippen LogP contribution < -0.4 is 5.73 Å². The van der Waals surface area contributed by atoms with E-state index in [-0.39, 0.29) is 0 Å². The fraction of sp³-hybridized carbons (Fsp3) is 0.571. The van der Waals surface area contributed by atoms with E-state index in [2.05, 4.69) is 43.0 Å². The van der Waals surface area contributed by atoms with Crippen LogP contribution >= 0.6 is 0 Å². The van der Waals surface area contributed by atoms with Gasteiger partial charge >= 0.3 is 0 Å². The van der Waals surface area contributed by atoms with Crippen molar-refractivity contribution in [2.45, 2.75) is 33.4 Å². The molecule has 2 heteroatoms. The third kappa shape index (κ3) is 2.83. The smallest absolute Gasteiger partial charge is 0.0233 e. The molecule has 2 N–H and O–H groups in total. The summed E-state index contributed by atoms with van der Waals surface area (Å²) in [5, 5.41) is 0. The SMILES string of the molecule is CC1(C)CCN(Cc2ccc(CN)cc2)C1. The van der Waals surface area contributed by atoms with Gasteiger partial charge in [-0.3, -0.25) is 4.90 Å². The Balaban J connectivity index is 1.94. The summed E-state index contributed by atoms with van der Waals surface area (Å²) in [5.41, 5.74) is 8.70. The lowest BCUT2D eigenvalue weighted by Crippen LogP contribution is -2.22. The Morgan fingerprint density at radius 3 is 2.31 bits per heavy atom. The van der Waals surface area contributed by atoms with Gasteiger partial charge in [0.25, 0.3) is 0 Å². The first-order valence-corrected chi connectivity index (χ1v) is 6.09. The van der Waals surface area contributed by atoms with E-state index in [9.17, 15) is 0 Å². The van der Waals surface area contributed by atoms with Crippen LogP contribution in [-0.2, 0) is 13.1 Å². The molecule has 1 aliphatic heterocycles. The molecule has 0 bridgehead atoms. The Bertz CT molecular complexity index is 340. The molecule has 88 valence electrons. The van der Waals surface area contributed by atoms with Crippen LogP contribution in [0, 0.1) is 5.41 Å². The summed E-state index contributed by atoms with van der Waals surface area (Å²) in [6, 6.07) is 8.67. The molecule has 0 amide bonds. The van der Waals surface area contributed by atoms with Crippen LogP contribution in [-0.4, -0.2) is 18.0 Å². The maximum atomic E-state index is 5.59. The Labute approximate surface area is 98.4 Å². The van der Waals surface area contributed by atoms with Crippen molar-refractivity contribution in [2.75, 3.05) is 13.1 Å².